The van der Waals surface area contributed by atoms with Crippen LogP contribution >= 0.6 is 0 Å². The number of carboxylic acid groups (broad SMARTS) is 1. The summed E-state index contributed by atoms with van der Waals surface area (Å²) in [7, 11) is 0. The lowest BCUT2D eigenvalue weighted by Gasteiger charge is -2.43. The van der Waals surface area contributed by atoms with Crippen molar-refractivity contribution in [1.82, 2.24) is 4.90 Å². The minimum Gasteiger partial charge on any atom is -0.481 e. The molecule has 5 nitrogen and oxygen atoms in total. The molecular weight excluding hydrogens is 338 g/mol. The van der Waals surface area contributed by atoms with Crippen LogP contribution < -0.4 is 4.90 Å². The molecule has 0 aliphatic carbocycles. The number of piperidine rings is 1. The fraction of sp³-hybridized carbons (Fsp3) is 0.364. The van der Waals surface area contributed by atoms with Crippen LogP contribution in [0.1, 0.15) is 42.9 Å². The maximum Gasteiger partial charge on any atom is 0.305 e. The average Bonchev–Trinajstić information content (AvgIpc) is 2.68. The van der Waals surface area contributed by atoms with Crippen LogP contribution in [0.15, 0.2) is 53.5 Å². The third-order valence-corrected chi connectivity index (χ3v) is 5.33. The van der Waals surface area contributed by atoms with Gasteiger partial charge in [0.2, 0.25) is 5.96 Å². The van der Waals surface area contributed by atoms with Crippen molar-refractivity contribution in [3.05, 3.63) is 59.7 Å². The first-order valence-electron chi connectivity index (χ1n) is 9.64. The molecule has 5 heteroatoms. The molecule has 0 aromatic heterocycles. The van der Waals surface area contributed by atoms with Crippen molar-refractivity contribution >= 4 is 23.3 Å². The Morgan fingerprint density at radius 1 is 1.11 bits per heavy atom. The predicted octanol–water partition coefficient (Wildman–Crippen LogP) is 4.50. The Labute approximate surface area is 159 Å². The minimum absolute atomic E-state index is 0.0395. The van der Waals surface area contributed by atoms with Gasteiger partial charge in [0.1, 0.15) is 0 Å². The van der Waals surface area contributed by atoms with Gasteiger partial charge in [-0.15, -0.1) is 0 Å². The number of hydrogen-bond donors (Lipinski definition) is 1. The fourth-order valence-electron chi connectivity index (χ4n) is 4.07. The number of para-hydroxylation sites is 1. The van der Waals surface area contributed by atoms with Crippen LogP contribution in [0, 0.1) is 6.92 Å². The molecule has 1 saturated heterocycles. The maximum absolute atomic E-state index is 11.7. The number of rotatable bonds is 3. The lowest BCUT2D eigenvalue weighted by molar-refractivity contribution is -0.137. The summed E-state index contributed by atoms with van der Waals surface area (Å²) in [5, 5.41) is 9.63. The molecule has 2 aromatic rings. The number of fused-ring (bicyclic) bond motifs is 1. The van der Waals surface area contributed by atoms with Crippen LogP contribution in [-0.2, 0) is 4.79 Å². The molecular formula is C22H25N3O2. The molecule has 0 radical (unpaired) electrons. The summed E-state index contributed by atoms with van der Waals surface area (Å²) in [6.45, 7) is 3.98. The van der Waals surface area contributed by atoms with Gasteiger partial charge in [-0.05, 0) is 49.9 Å². The second kappa shape index (κ2) is 7.43. The molecule has 27 heavy (non-hydrogen) atoms. The monoisotopic (exact) mass is 363 g/mol. The van der Waals surface area contributed by atoms with Crippen LogP contribution in [0.3, 0.4) is 0 Å². The molecule has 2 aliphatic heterocycles. The largest absolute Gasteiger partial charge is 0.481 e. The standard InChI is InChI=1S/C22H25N3O2/c1-16-8-7-9-17(14-16)25-20(15-21(26)27)18-10-3-4-11-19(18)23-22(25)24-12-5-2-6-13-24/h3-4,7-11,14,20H,2,5-6,12-13,15H2,1H3,(H,26,27). The zero-order valence-electron chi connectivity index (χ0n) is 15.6. The second-order valence-corrected chi connectivity index (χ2v) is 7.34. The van der Waals surface area contributed by atoms with Crippen LogP contribution in [0.2, 0.25) is 0 Å². The van der Waals surface area contributed by atoms with Crippen molar-refractivity contribution < 1.29 is 9.90 Å². The first kappa shape index (κ1) is 17.6. The van der Waals surface area contributed by atoms with Crippen LogP contribution in [-0.4, -0.2) is 35.0 Å². The summed E-state index contributed by atoms with van der Waals surface area (Å²) in [5.41, 5.74) is 4.01. The number of aryl methyl sites for hydroxylation is 1. The van der Waals surface area contributed by atoms with Crippen molar-refractivity contribution in [3.8, 4) is 0 Å². The van der Waals surface area contributed by atoms with E-state index in [1.54, 1.807) is 0 Å². The summed E-state index contributed by atoms with van der Waals surface area (Å²) >= 11 is 0. The van der Waals surface area contributed by atoms with E-state index >= 15 is 0 Å². The Morgan fingerprint density at radius 2 is 1.89 bits per heavy atom. The van der Waals surface area contributed by atoms with Crippen molar-refractivity contribution in [1.29, 1.82) is 0 Å². The van der Waals surface area contributed by atoms with Gasteiger partial charge in [0.15, 0.2) is 0 Å². The van der Waals surface area contributed by atoms with E-state index in [-0.39, 0.29) is 12.5 Å². The molecule has 0 amide bonds. The highest BCUT2D eigenvalue weighted by Crippen LogP contribution is 2.40. The van der Waals surface area contributed by atoms with E-state index in [0.717, 1.165) is 54.4 Å². The van der Waals surface area contributed by atoms with E-state index in [4.69, 9.17) is 4.99 Å². The van der Waals surface area contributed by atoms with Crippen LogP contribution in [0.25, 0.3) is 0 Å². The van der Waals surface area contributed by atoms with Gasteiger partial charge in [0.05, 0.1) is 18.2 Å². The van der Waals surface area contributed by atoms with Crippen molar-refractivity contribution in [2.75, 3.05) is 18.0 Å². The van der Waals surface area contributed by atoms with Gasteiger partial charge in [-0.2, -0.15) is 0 Å². The molecule has 140 valence electrons. The Balaban J connectivity index is 1.87. The Morgan fingerprint density at radius 3 is 2.63 bits per heavy atom. The molecule has 0 spiro atoms. The van der Waals surface area contributed by atoms with E-state index in [2.05, 4.69) is 34.9 Å². The van der Waals surface area contributed by atoms with Gasteiger partial charge in [0.25, 0.3) is 0 Å². The number of carboxylic acids is 1. The number of carbonyl (C=O) groups is 1. The summed E-state index contributed by atoms with van der Waals surface area (Å²) < 4.78 is 0. The van der Waals surface area contributed by atoms with Crippen molar-refractivity contribution in [3.63, 3.8) is 0 Å². The lowest BCUT2D eigenvalue weighted by atomic mass is 9.97. The van der Waals surface area contributed by atoms with Gasteiger partial charge >= 0.3 is 5.97 Å². The molecule has 0 saturated carbocycles. The average molecular weight is 363 g/mol. The summed E-state index contributed by atoms with van der Waals surface area (Å²) in [6.07, 6.45) is 3.57. The molecule has 1 N–H and O–H groups in total. The highest BCUT2D eigenvalue weighted by molar-refractivity contribution is 6.01. The van der Waals surface area contributed by atoms with Crippen molar-refractivity contribution in [2.45, 2.75) is 38.6 Å². The molecule has 0 bridgehead atoms. The fourth-order valence-corrected chi connectivity index (χ4v) is 4.07. The summed E-state index contributed by atoms with van der Waals surface area (Å²) in [5.74, 6) is 0.0811. The number of anilines is 1. The van der Waals surface area contributed by atoms with Gasteiger partial charge in [-0.25, -0.2) is 4.99 Å². The van der Waals surface area contributed by atoms with Crippen LogP contribution in [0.4, 0.5) is 11.4 Å². The molecule has 2 heterocycles. The summed E-state index contributed by atoms with van der Waals surface area (Å²) in [4.78, 5) is 21.2. The molecule has 2 aliphatic rings. The number of guanidine groups is 1. The van der Waals surface area contributed by atoms with Gasteiger partial charge in [-0.1, -0.05) is 30.3 Å². The summed E-state index contributed by atoms with van der Waals surface area (Å²) in [6, 6.07) is 15.9. The Bertz CT molecular complexity index is 871. The molecule has 2 aromatic carbocycles. The normalized spacial score (nSPS) is 19.4. The zero-order chi connectivity index (χ0) is 18.8. The maximum atomic E-state index is 11.7. The Hall–Kier alpha value is -2.82. The Kier molecular flexibility index (Phi) is 4.84. The highest BCUT2D eigenvalue weighted by Gasteiger charge is 2.35. The number of aliphatic imine (C=N–C) groups is 1. The minimum atomic E-state index is -0.799. The number of nitrogens with zero attached hydrogens (tertiary/aromatic N) is 3. The van der Waals surface area contributed by atoms with E-state index in [9.17, 15) is 9.90 Å². The first-order chi connectivity index (χ1) is 13.1. The third-order valence-electron chi connectivity index (χ3n) is 5.33. The molecule has 4 rings (SSSR count). The van der Waals surface area contributed by atoms with Gasteiger partial charge < -0.3 is 14.9 Å². The highest BCUT2D eigenvalue weighted by atomic mass is 16.4. The number of aliphatic carboxylic acids is 1. The predicted molar refractivity (Wildman–Crippen MR) is 108 cm³/mol. The van der Waals surface area contributed by atoms with Crippen LogP contribution in [0.5, 0.6) is 0 Å². The van der Waals surface area contributed by atoms with Crippen molar-refractivity contribution in [2.24, 2.45) is 4.99 Å². The van der Waals surface area contributed by atoms with Gasteiger partial charge in [-0.3, -0.25) is 4.79 Å². The number of hydrogen-bond acceptors (Lipinski definition) is 4. The number of likely N-dealkylation sites (tertiary alicyclic amines) is 1. The number of benzene rings is 2. The second-order valence-electron chi connectivity index (χ2n) is 7.34. The zero-order valence-corrected chi connectivity index (χ0v) is 15.6. The lowest BCUT2D eigenvalue weighted by Crippen LogP contribution is -2.50. The van der Waals surface area contributed by atoms with E-state index in [1.165, 1.54) is 6.42 Å². The van der Waals surface area contributed by atoms with E-state index < -0.39 is 5.97 Å². The smallest absolute Gasteiger partial charge is 0.305 e. The third kappa shape index (κ3) is 3.54. The topological polar surface area (TPSA) is 56.1 Å². The quantitative estimate of drug-likeness (QED) is 0.872. The molecule has 1 fully saturated rings. The SMILES string of the molecule is Cc1cccc(N2C(N3CCCCC3)=Nc3ccccc3C2CC(=O)O)c1. The molecule has 1 unspecified atom stereocenters. The van der Waals surface area contributed by atoms with E-state index in [1.807, 2.05) is 30.3 Å². The van der Waals surface area contributed by atoms with Gasteiger partial charge in [0, 0.05) is 24.3 Å². The first-order valence-corrected chi connectivity index (χ1v) is 9.64. The molecule has 1 atom stereocenters. The van der Waals surface area contributed by atoms with E-state index in [0.29, 0.717) is 0 Å².